The highest BCUT2D eigenvalue weighted by Gasteiger charge is 2.03. The summed E-state index contributed by atoms with van der Waals surface area (Å²) in [5.74, 6) is -0.705. The lowest BCUT2D eigenvalue weighted by atomic mass is 10.3. The van der Waals surface area contributed by atoms with Crippen molar-refractivity contribution in [2.45, 2.75) is 4.90 Å². The van der Waals surface area contributed by atoms with Crippen LogP contribution in [0.4, 0.5) is 0 Å². The highest BCUT2D eigenvalue weighted by molar-refractivity contribution is 7.79. The molecule has 0 saturated heterocycles. The van der Waals surface area contributed by atoms with Gasteiger partial charge in [0.1, 0.15) is 0 Å². The van der Waals surface area contributed by atoms with Crippen LogP contribution in [0.25, 0.3) is 0 Å². The van der Waals surface area contributed by atoms with Crippen molar-refractivity contribution in [3.63, 3.8) is 0 Å². The van der Waals surface area contributed by atoms with E-state index >= 15 is 0 Å². The molecule has 0 aliphatic rings. The van der Waals surface area contributed by atoms with E-state index in [1.165, 1.54) is 6.07 Å². The van der Waals surface area contributed by atoms with Gasteiger partial charge >= 0.3 is 0 Å². The second kappa shape index (κ2) is 2.89. The molecule has 11 heavy (non-hydrogen) atoms. The molecule has 1 unspecified atom stereocenters. The number of phenols is 2. The van der Waals surface area contributed by atoms with E-state index in [0.717, 1.165) is 12.1 Å². The second-order valence-electron chi connectivity index (χ2n) is 1.90. The van der Waals surface area contributed by atoms with Gasteiger partial charge in [0.05, 0.1) is 4.90 Å². The third kappa shape index (κ3) is 1.69. The molecule has 0 saturated carbocycles. The van der Waals surface area contributed by atoms with E-state index in [-0.39, 0.29) is 10.6 Å². The van der Waals surface area contributed by atoms with Crippen LogP contribution < -0.4 is 0 Å². The fourth-order valence-electron chi connectivity index (χ4n) is 0.612. The maximum atomic E-state index is 10.4. The quantitative estimate of drug-likeness (QED) is 0.432. The van der Waals surface area contributed by atoms with Gasteiger partial charge in [0.2, 0.25) is 0 Å². The fraction of sp³-hybridized carbons (Fsp3) is 0. The molecule has 1 aromatic rings. The van der Waals surface area contributed by atoms with Crippen LogP contribution in [0.2, 0.25) is 0 Å². The van der Waals surface area contributed by atoms with Crippen molar-refractivity contribution in [3.05, 3.63) is 18.2 Å². The lowest BCUT2D eigenvalue weighted by Gasteiger charge is -1.97. The molecule has 1 aromatic carbocycles. The molecule has 0 fully saturated rings. The first kappa shape index (κ1) is 8.03. The molecule has 60 valence electrons. The van der Waals surface area contributed by atoms with Gasteiger partial charge in [0.25, 0.3) is 0 Å². The molecule has 0 bridgehead atoms. The Bertz CT molecular complexity index is 297. The third-order valence-corrected chi connectivity index (χ3v) is 1.81. The van der Waals surface area contributed by atoms with E-state index < -0.39 is 16.8 Å². The molecule has 0 spiro atoms. The van der Waals surface area contributed by atoms with Crippen molar-refractivity contribution in [1.29, 1.82) is 0 Å². The first-order chi connectivity index (χ1) is 5.11. The maximum absolute atomic E-state index is 10.4. The molecular formula is C6H6O4S. The van der Waals surface area contributed by atoms with Gasteiger partial charge in [-0.15, -0.1) is 0 Å². The number of hydrogen-bond acceptors (Lipinski definition) is 3. The number of phenolic OH excluding ortho intramolecular Hbond substituents is 2. The van der Waals surface area contributed by atoms with Crippen molar-refractivity contribution in [2.24, 2.45) is 0 Å². The smallest absolute Gasteiger partial charge is 0.186 e. The Morgan fingerprint density at radius 1 is 1.18 bits per heavy atom. The summed E-state index contributed by atoms with van der Waals surface area (Å²) in [5.41, 5.74) is 0. The van der Waals surface area contributed by atoms with Crippen molar-refractivity contribution >= 4 is 11.1 Å². The Morgan fingerprint density at radius 3 is 2.27 bits per heavy atom. The highest BCUT2D eigenvalue weighted by atomic mass is 32.2. The molecule has 0 heterocycles. The lowest BCUT2D eigenvalue weighted by Crippen LogP contribution is -1.86. The van der Waals surface area contributed by atoms with Crippen molar-refractivity contribution in [1.82, 2.24) is 0 Å². The van der Waals surface area contributed by atoms with Crippen LogP contribution in [-0.2, 0) is 11.1 Å². The van der Waals surface area contributed by atoms with Crippen LogP contribution in [0.5, 0.6) is 11.5 Å². The first-order valence-electron chi connectivity index (χ1n) is 2.74. The van der Waals surface area contributed by atoms with E-state index in [1.54, 1.807) is 0 Å². The zero-order valence-corrected chi connectivity index (χ0v) is 6.21. The first-order valence-corrected chi connectivity index (χ1v) is 3.85. The third-order valence-electron chi connectivity index (χ3n) is 1.15. The van der Waals surface area contributed by atoms with Crippen molar-refractivity contribution < 1.29 is 19.0 Å². The Kier molecular flexibility index (Phi) is 2.11. The van der Waals surface area contributed by atoms with Crippen LogP contribution in [0.1, 0.15) is 0 Å². The minimum atomic E-state index is -2.12. The summed E-state index contributed by atoms with van der Waals surface area (Å²) in [6, 6.07) is 3.44. The van der Waals surface area contributed by atoms with Gasteiger partial charge in [-0.05, 0) is 12.1 Å². The zero-order valence-electron chi connectivity index (χ0n) is 5.39. The standard InChI is InChI=1S/C6H6O4S/c7-5-2-1-4(11(9)10)3-6(5)8/h1-3,7-8H,(H,9,10). The summed E-state index contributed by atoms with van der Waals surface area (Å²) >= 11 is -2.12. The normalized spacial score (nSPS) is 12.8. The molecule has 5 heteroatoms. The van der Waals surface area contributed by atoms with Gasteiger partial charge in [-0.1, -0.05) is 0 Å². The van der Waals surface area contributed by atoms with E-state index in [4.69, 9.17) is 14.8 Å². The summed E-state index contributed by atoms with van der Waals surface area (Å²) < 4.78 is 18.9. The predicted octanol–water partition coefficient (Wildman–Crippen LogP) is 0.678. The zero-order chi connectivity index (χ0) is 8.43. The molecular weight excluding hydrogens is 168 g/mol. The summed E-state index contributed by atoms with van der Waals surface area (Å²) in [4.78, 5) is 0.0558. The molecule has 1 atom stereocenters. The number of hydrogen-bond donors (Lipinski definition) is 3. The monoisotopic (exact) mass is 174 g/mol. The van der Waals surface area contributed by atoms with Crippen LogP contribution in [-0.4, -0.2) is 19.0 Å². The maximum Gasteiger partial charge on any atom is 0.186 e. The topological polar surface area (TPSA) is 77.8 Å². The Balaban J connectivity index is 3.15. The van der Waals surface area contributed by atoms with Gasteiger partial charge < -0.3 is 14.8 Å². The summed E-state index contributed by atoms with van der Waals surface area (Å²) in [5, 5.41) is 17.6. The van der Waals surface area contributed by atoms with Crippen LogP contribution in [0, 0.1) is 0 Å². The molecule has 0 aliphatic carbocycles. The van der Waals surface area contributed by atoms with Gasteiger partial charge in [-0.25, -0.2) is 4.21 Å². The van der Waals surface area contributed by atoms with Gasteiger partial charge in [0.15, 0.2) is 22.6 Å². The summed E-state index contributed by atoms with van der Waals surface area (Å²) in [6.07, 6.45) is 0. The molecule has 4 nitrogen and oxygen atoms in total. The minimum Gasteiger partial charge on any atom is -0.504 e. The van der Waals surface area contributed by atoms with Crippen LogP contribution >= 0.6 is 0 Å². The number of benzene rings is 1. The highest BCUT2D eigenvalue weighted by Crippen LogP contribution is 2.25. The van der Waals surface area contributed by atoms with Crippen molar-refractivity contribution in [3.8, 4) is 11.5 Å². The summed E-state index contributed by atoms with van der Waals surface area (Å²) in [7, 11) is 0. The minimum absolute atomic E-state index is 0.0558. The SMILES string of the molecule is O=S(O)c1ccc(O)c(O)c1. The fourth-order valence-corrected chi connectivity index (χ4v) is 1.01. The molecule has 0 aromatic heterocycles. The molecule has 1 rings (SSSR count). The van der Waals surface area contributed by atoms with Gasteiger partial charge in [-0.3, -0.25) is 0 Å². The average Bonchev–Trinajstić information content (AvgIpc) is 1.94. The number of rotatable bonds is 1. The second-order valence-corrected chi connectivity index (χ2v) is 2.87. The van der Waals surface area contributed by atoms with Crippen molar-refractivity contribution in [2.75, 3.05) is 0 Å². The molecule has 3 N–H and O–H groups in total. The molecule has 0 radical (unpaired) electrons. The largest absolute Gasteiger partial charge is 0.504 e. The van der Waals surface area contributed by atoms with E-state index in [1.807, 2.05) is 0 Å². The average molecular weight is 174 g/mol. The van der Waals surface area contributed by atoms with E-state index in [9.17, 15) is 4.21 Å². The Hall–Kier alpha value is -1.07. The summed E-state index contributed by atoms with van der Waals surface area (Å²) in [6.45, 7) is 0. The van der Waals surface area contributed by atoms with Gasteiger partial charge in [-0.2, -0.15) is 0 Å². The Morgan fingerprint density at radius 2 is 1.82 bits per heavy atom. The molecule has 0 amide bonds. The predicted molar refractivity (Wildman–Crippen MR) is 38.8 cm³/mol. The molecule has 0 aliphatic heterocycles. The van der Waals surface area contributed by atoms with Gasteiger partial charge in [0, 0.05) is 6.07 Å². The lowest BCUT2D eigenvalue weighted by molar-refractivity contribution is 0.402. The Labute approximate surface area is 65.4 Å². The van der Waals surface area contributed by atoms with Crippen LogP contribution in [0.3, 0.4) is 0 Å². The van der Waals surface area contributed by atoms with E-state index in [2.05, 4.69) is 0 Å². The number of aromatic hydroxyl groups is 2. The van der Waals surface area contributed by atoms with Crippen LogP contribution in [0.15, 0.2) is 23.1 Å². The van der Waals surface area contributed by atoms with E-state index in [0.29, 0.717) is 0 Å².